The maximum Gasteiger partial charge on any atom is 0.282 e. The van der Waals surface area contributed by atoms with E-state index >= 15 is 0 Å². The van der Waals surface area contributed by atoms with Gasteiger partial charge in [-0.15, -0.1) is 0 Å². The summed E-state index contributed by atoms with van der Waals surface area (Å²) in [6.45, 7) is 1.63. The molecule has 2 aliphatic rings. The Morgan fingerprint density at radius 1 is 1.24 bits per heavy atom. The van der Waals surface area contributed by atoms with Gasteiger partial charge in [0.15, 0.2) is 0 Å². The molecule has 1 aromatic heterocycles. The first-order valence-corrected chi connectivity index (χ1v) is 8.85. The van der Waals surface area contributed by atoms with Crippen molar-refractivity contribution < 1.29 is 17.6 Å². The summed E-state index contributed by atoms with van der Waals surface area (Å²) in [5.74, 6) is 0.739. The highest BCUT2D eigenvalue weighted by Gasteiger charge is 2.41. The van der Waals surface area contributed by atoms with Crippen molar-refractivity contribution in [1.82, 2.24) is 8.61 Å². The van der Waals surface area contributed by atoms with Crippen LogP contribution in [0, 0.1) is 0 Å². The standard InChI is InChI=1S/C14H22N2O4S/c1-19-12-6-9-15(10-7-12)21(17,18)16-8-2-4-13(16)14-5-3-11-20-14/h3,5,11-13H,2,4,6-10H2,1H3/t13-/m1/s1. The van der Waals surface area contributed by atoms with Crippen LogP contribution in [0.1, 0.15) is 37.5 Å². The minimum Gasteiger partial charge on any atom is -0.468 e. The number of piperidine rings is 1. The topological polar surface area (TPSA) is 63.0 Å². The molecule has 6 nitrogen and oxygen atoms in total. The number of ether oxygens (including phenoxy) is 1. The van der Waals surface area contributed by atoms with E-state index in [0.29, 0.717) is 19.6 Å². The quantitative estimate of drug-likeness (QED) is 0.850. The molecular formula is C14H22N2O4S. The summed E-state index contributed by atoms with van der Waals surface area (Å²) in [4.78, 5) is 0. The fourth-order valence-electron chi connectivity index (χ4n) is 3.23. The fourth-order valence-corrected chi connectivity index (χ4v) is 5.09. The van der Waals surface area contributed by atoms with Crippen molar-refractivity contribution in [3.63, 3.8) is 0 Å². The first kappa shape index (κ1) is 15.0. The molecule has 0 amide bonds. The second-order valence-electron chi connectivity index (χ2n) is 5.63. The minimum absolute atomic E-state index is 0.162. The molecule has 118 valence electrons. The molecule has 2 aliphatic heterocycles. The number of nitrogens with zero attached hydrogens (tertiary/aromatic N) is 2. The molecule has 3 rings (SSSR count). The zero-order valence-corrected chi connectivity index (χ0v) is 13.1. The van der Waals surface area contributed by atoms with E-state index in [0.717, 1.165) is 31.4 Å². The molecule has 7 heteroatoms. The summed E-state index contributed by atoms with van der Waals surface area (Å²) in [5, 5.41) is 0. The average molecular weight is 314 g/mol. The van der Waals surface area contributed by atoms with E-state index in [9.17, 15) is 8.42 Å². The van der Waals surface area contributed by atoms with Crippen molar-refractivity contribution in [3.8, 4) is 0 Å². The molecule has 2 fully saturated rings. The van der Waals surface area contributed by atoms with E-state index in [2.05, 4.69) is 0 Å². The van der Waals surface area contributed by atoms with Crippen LogP contribution in [0.3, 0.4) is 0 Å². The van der Waals surface area contributed by atoms with E-state index in [1.54, 1.807) is 22.0 Å². The van der Waals surface area contributed by atoms with Gasteiger partial charge in [0.1, 0.15) is 5.76 Å². The lowest BCUT2D eigenvalue weighted by atomic mass is 10.1. The Morgan fingerprint density at radius 3 is 2.62 bits per heavy atom. The molecule has 0 unspecified atom stereocenters. The van der Waals surface area contributed by atoms with Gasteiger partial charge in [-0.3, -0.25) is 0 Å². The van der Waals surface area contributed by atoms with Crippen molar-refractivity contribution in [2.75, 3.05) is 26.7 Å². The average Bonchev–Trinajstić information content (AvgIpc) is 3.17. The second kappa shape index (κ2) is 6.08. The third kappa shape index (κ3) is 2.88. The number of rotatable bonds is 4. The van der Waals surface area contributed by atoms with Crippen molar-refractivity contribution >= 4 is 10.2 Å². The Labute approximate surface area is 125 Å². The fraction of sp³-hybridized carbons (Fsp3) is 0.714. The molecule has 0 aliphatic carbocycles. The molecule has 0 saturated carbocycles. The van der Waals surface area contributed by atoms with Crippen LogP contribution < -0.4 is 0 Å². The summed E-state index contributed by atoms with van der Waals surface area (Å²) in [5.41, 5.74) is 0. The van der Waals surface area contributed by atoms with Crippen LogP contribution in [0.2, 0.25) is 0 Å². The lowest BCUT2D eigenvalue weighted by Crippen LogP contribution is -2.47. The van der Waals surface area contributed by atoms with Gasteiger partial charge < -0.3 is 9.15 Å². The van der Waals surface area contributed by atoms with Crippen LogP contribution in [0.4, 0.5) is 0 Å². The third-order valence-electron chi connectivity index (χ3n) is 4.43. The first-order chi connectivity index (χ1) is 10.1. The number of hydrogen-bond acceptors (Lipinski definition) is 4. The van der Waals surface area contributed by atoms with Gasteiger partial charge in [0.2, 0.25) is 0 Å². The van der Waals surface area contributed by atoms with Crippen LogP contribution in [0.25, 0.3) is 0 Å². The maximum absolute atomic E-state index is 12.9. The molecular weight excluding hydrogens is 292 g/mol. The molecule has 0 spiro atoms. The van der Waals surface area contributed by atoms with Crippen molar-refractivity contribution in [3.05, 3.63) is 24.2 Å². The maximum atomic E-state index is 12.9. The molecule has 1 aromatic rings. The Morgan fingerprint density at radius 2 is 2.00 bits per heavy atom. The largest absolute Gasteiger partial charge is 0.468 e. The van der Waals surface area contributed by atoms with Crippen LogP contribution in [0.5, 0.6) is 0 Å². The normalized spacial score (nSPS) is 26.4. The lowest BCUT2D eigenvalue weighted by molar-refractivity contribution is 0.0589. The van der Waals surface area contributed by atoms with Gasteiger partial charge in [0.25, 0.3) is 10.2 Å². The van der Waals surface area contributed by atoms with E-state index in [-0.39, 0.29) is 12.1 Å². The molecule has 0 radical (unpaired) electrons. The highest BCUT2D eigenvalue weighted by Crippen LogP contribution is 2.36. The molecule has 0 bridgehead atoms. The first-order valence-electron chi connectivity index (χ1n) is 7.46. The summed E-state index contributed by atoms with van der Waals surface area (Å²) in [7, 11) is -1.73. The molecule has 21 heavy (non-hydrogen) atoms. The van der Waals surface area contributed by atoms with E-state index in [1.165, 1.54) is 0 Å². The highest BCUT2D eigenvalue weighted by atomic mass is 32.2. The highest BCUT2D eigenvalue weighted by molar-refractivity contribution is 7.86. The molecule has 3 heterocycles. The predicted octanol–water partition coefficient (Wildman–Crippen LogP) is 1.77. The smallest absolute Gasteiger partial charge is 0.282 e. The van der Waals surface area contributed by atoms with Crippen LogP contribution >= 0.6 is 0 Å². The second-order valence-corrected chi connectivity index (χ2v) is 7.51. The van der Waals surface area contributed by atoms with Crippen LogP contribution in [-0.4, -0.2) is 49.9 Å². The predicted molar refractivity (Wildman–Crippen MR) is 77.9 cm³/mol. The third-order valence-corrected chi connectivity index (χ3v) is 6.48. The zero-order valence-electron chi connectivity index (χ0n) is 12.3. The minimum atomic E-state index is -3.42. The van der Waals surface area contributed by atoms with E-state index in [1.807, 2.05) is 12.1 Å². The molecule has 1 atom stereocenters. The van der Waals surface area contributed by atoms with E-state index < -0.39 is 10.2 Å². The summed E-state index contributed by atoms with van der Waals surface area (Å²) < 4.78 is 39.6. The molecule has 0 aromatic carbocycles. The van der Waals surface area contributed by atoms with Crippen molar-refractivity contribution in [1.29, 1.82) is 0 Å². The Balaban J connectivity index is 1.75. The Kier molecular flexibility index (Phi) is 4.35. The van der Waals surface area contributed by atoms with Gasteiger partial charge in [-0.1, -0.05) is 0 Å². The number of methoxy groups -OCH3 is 1. The van der Waals surface area contributed by atoms with Crippen LogP contribution in [0.15, 0.2) is 22.8 Å². The molecule has 0 N–H and O–H groups in total. The van der Waals surface area contributed by atoms with Gasteiger partial charge in [0, 0.05) is 26.7 Å². The van der Waals surface area contributed by atoms with Gasteiger partial charge in [-0.2, -0.15) is 17.0 Å². The lowest BCUT2D eigenvalue weighted by Gasteiger charge is -2.34. The zero-order chi connectivity index (χ0) is 14.9. The summed E-state index contributed by atoms with van der Waals surface area (Å²) in [6, 6.07) is 3.50. The van der Waals surface area contributed by atoms with Crippen LogP contribution in [-0.2, 0) is 14.9 Å². The van der Waals surface area contributed by atoms with Gasteiger partial charge in [-0.05, 0) is 37.8 Å². The van der Waals surface area contributed by atoms with Gasteiger partial charge in [-0.25, -0.2) is 0 Å². The van der Waals surface area contributed by atoms with Crippen molar-refractivity contribution in [2.24, 2.45) is 0 Å². The van der Waals surface area contributed by atoms with Gasteiger partial charge >= 0.3 is 0 Å². The Hall–Kier alpha value is -0.890. The monoisotopic (exact) mass is 314 g/mol. The number of furan rings is 1. The van der Waals surface area contributed by atoms with Crippen molar-refractivity contribution in [2.45, 2.75) is 37.8 Å². The Bertz CT molecular complexity index is 550. The molecule has 2 saturated heterocycles. The SMILES string of the molecule is COC1CCN(S(=O)(=O)N2CCC[C@@H]2c2ccco2)CC1. The number of hydrogen-bond donors (Lipinski definition) is 0. The van der Waals surface area contributed by atoms with Gasteiger partial charge in [0.05, 0.1) is 18.4 Å². The summed E-state index contributed by atoms with van der Waals surface area (Å²) >= 11 is 0. The summed E-state index contributed by atoms with van der Waals surface area (Å²) in [6.07, 6.45) is 4.99. The van der Waals surface area contributed by atoms with E-state index in [4.69, 9.17) is 9.15 Å².